The molecule has 1 aliphatic carbocycles. The van der Waals surface area contributed by atoms with Crippen molar-refractivity contribution in [3.63, 3.8) is 0 Å². The summed E-state index contributed by atoms with van der Waals surface area (Å²) < 4.78 is 4.98. The summed E-state index contributed by atoms with van der Waals surface area (Å²) in [7, 11) is 0. The molecular weight excluding hydrogens is 381 g/mol. The number of guanidine groups is 1. The monoisotopic (exact) mass is 405 g/mol. The number of aryl methyl sites for hydroxylation is 1. The summed E-state index contributed by atoms with van der Waals surface area (Å²) in [4.78, 5) is 11.2. The molecule has 2 fully saturated rings. The number of likely N-dealkylation sites (tertiary alicyclic amines) is 1. The summed E-state index contributed by atoms with van der Waals surface area (Å²) in [6, 6.07) is 0. The van der Waals surface area contributed by atoms with Crippen molar-refractivity contribution in [2.45, 2.75) is 46.1 Å². The lowest BCUT2D eigenvalue weighted by molar-refractivity contribution is 0.151. The topological polar surface area (TPSA) is 66.5 Å². The van der Waals surface area contributed by atoms with Crippen LogP contribution >= 0.6 is 24.0 Å². The van der Waals surface area contributed by atoms with Crippen LogP contribution in [0.3, 0.4) is 0 Å². The van der Waals surface area contributed by atoms with Gasteiger partial charge in [0.25, 0.3) is 0 Å². The van der Waals surface area contributed by atoms with Crippen LogP contribution in [0.15, 0.2) is 9.52 Å². The number of hydrogen-bond acceptors (Lipinski definition) is 4. The summed E-state index contributed by atoms with van der Waals surface area (Å²) in [5, 5.41) is 7.27. The van der Waals surface area contributed by atoms with E-state index in [4.69, 9.17) is 4.52 Å². The highest BCUT2D eigenvalue weighted by Gasteiger charge is 2.43. The van der Waals surface area contributed by atoms with E-state index in [-0.39, 0.29) is 24.0 Å². The van der Waals surface area contributed by atoms with Gasteiger partial charge in [0, 0.05) is 26.6 Å². The Morgan fingerprint density at radius 3 is 2.76 bits per heavy atom. The van der Waals surface area contributed by atoms with Crippen molar-refractivity contribution in [2.75, 3.05) is 19.6 Å². The lowest BCUT2D eigenvalue weighted by Gasteiger charge is -2.38. The zero-order valence-corrected chi connectivity index (χ0v) is 15.1. The first-order valence-corrected chi connectivity index (χ1v) is 7.53. The molecule has 1 aromatic rings. The van der Waals surface area contributed by atoms with Gasteiger partial charge in [-0.3, -0.25) is 0 Å². The van der Waals surface area contributed by atoms with Crippen LogP contribution in [0.2, 0.25) is 0 Å². The van der Waals surface area contributed by atoms with Crippen LogP contribution in [0.1, 0.15) is 44.3 Å². The lowest BCUT2D eigenvalue weighted by atomic mass is 9.68. The largest absolute Gasteiger partial charge is 0.357 e. The fraction of sp³-hybridized carbons (Fsp3) is 0.786. The van der Waals surface area contributed by atoms with Crippen molar-refractivity contribution in [1.29, 1.82) is 0 Å². The van der Waals surface area contributed by atoms with Gasteiger partial charge in [0.15, 0.2) is 11.8 Å². The number of nitrogens with one attached hydrogen (secondary N) is 1. The molecule has 1 aromatic heterocycles. The summed E-state index contributed by atoms with van der Waals surface area (Å²) in [5.41, 5.74) is 0.582. The quantitative estimate of drug-likeness (QED) is 0.475. The van der Waals surface area contributed by atoms with Crippen molar-refractivity contribution in [2.24, 2.45) is 10.4 Å². The van der Waals surface area contributed by atoms with E-state index in [1.54, 1.807) is 6.92 Å². The molecule has 1 aliphatic heterocycles. The van der Waals surface area contributed by atoms with Crippen LogP contribution in [0.25, 0.3) is 0 Å². The van der Waals surface area contributed by atoms with E-state index in [1.807, 2.05) is 0 Å². The Kier molecular flexibility index (Phi) is 5.45. The molecule has 0 radical (unpaired) electrons. The number of aliphatic imine (C=N–C) groups is 1. The average molecular weight is 405 g/mol. The highest BCUT2D eigenvalue weighted by atomic mass is 127. The molecule has 118 valence electrons. The molecule has 2 aliphatic rings. The van der Waals surface area contributed by atoms with Gasteiger partial charge >= 0.3 is 0 Å². The molecule has 6 nitrogen and oxygen atoms in total. The minimum Gasteiger partial charge on any atom is -0.357 e. The Balaban J connectivity index is 0.00000161. The highest BCUT2D eigenvalue weighted by molar-refractivity contribution is 14.0. The number of halogens is 1. The molecule has 1 N–H and O–H groups in total. The first kappa shape index (κ1) is 16.5. The molecule has 1 saturated carbocycles. The second-order valence-corrected chi connectivity index (χ2v) is 5.92. The first-order valence-electron chi connectivity index (χ1n) is 7.53. The number of hydrogen-bond donors (Lipinski definition) is 1. The summed E-state index contributed by atoms with van der Waals surface area (Å²) in [6.45, 7) is 7.51. The molecule has 1 spiro atoms. The van der Waals surface area contributed by atoms with Gasteiger partial charge < -0.3 is 14.7 Å². The molecule has 21 heavy (non-hydrogen) atoms. The molecule has 7 heteroatoms. The first-order chi connectivity index (χ1) is 9.71. The van der Waals surface area contributed by atoms with Gasteiger partial charge in [-0.05, 0) is 31.6 Å². The van der Waals surface area contributed by atoms with Crippen molar-refractivity contribution in [3.05, 3.63) is 11.7 Å². The SMILES string of the molecule is CCNC(=NCc1noc(C)n1)N1CCC2(CCC2)C1.I. The van der Waals surface area contributed by atoms with E-state index in [9.17, 15) is 0 Å². The van der Waals surface area contributed by atoms with Crippen molar-refractivity contribution < 1.29 is 4.52 Å². The van der Waals surface area contributed by atoms with E-state index in [1.165, 1.54) is 25.7 Å². The Labute approximate surface area is 142 Å². The fourth-order valence-corrected chi connectivity index (χ4v) is 3.18. The van der Waals surface area contributed by atoms with E-state index in [0.717, 1.165) is 25.6 Å². The van der Waals surface area contributed by atoms with Crippen molar-refractivity contribution in [1.82, 2.24) is 20.4 Å². The molecule has 0 unspecified atom stereocenters. The van der Waals surface area contributed by atoms with Crippen molar-refractivity contribution in [3.8, 4) is 0 Å². The van der Waals surface area contributed by atoms with E-state index in [2.05, 4.69) is 32.3 Å². The zero-order chi connectivity index (χ0) is 14.0. The van der Waals surface area contributed by atoms with Gasteiger partial charge in [-0.15, -0.1) is 24.0 Å². The third-order valence-electron chi connectivity index (χ3n) is 4.43. The average Bonchev–Trinajstić information content (AvgIpc) is 3.00. The van der Waals surface area contributed by atoms with Gasteiger partial charge in [0.2, 0.25) is 5.89 Å². The van der Waals surface area contributed by atoms with Crippen LogP contribution in [0, 0.1) is 12.3 Å². The second kappa shape index (κ2) is 6.93. The van der Waals surface area contributed by atoms with E-state index >= 15 is 0 Å². The number of aromatic nitrogens is 2. The Morgan fingerprint density at radius 1 is 1.43 bits per heavy atom. The van der Waals surface area contributed by atoms with Gasteiger partial charge in [-0.2, -0.15) is 4.98 Å². The maximum absolute atomic E-state index is 4.98. The molecule has 2 heterocycles. The Morgan fingerprint density at radius 2 is 2.24 bits per heavy atom. The normalized spacial score (nSPS) is 20.3. The van der Waals surface area contributed by atoms with Crippen LogP contribution in [-0.4, -0.2) is 40.6 Å². The fourth-order valence-electron chi connectivity index (χ4n) is 3.18. The predicted molar refractivity (Wildman–Crippen MR) is 91.7 cm³/mol. The van der Waals surface area contributed by atoms with Gasteiger partial charge in [0.1, 0.15) is 6.54 Å². The van der Waals surface area contributed by atoms with E-state index in [0.29, 0.717) is 23.7 Å². The van der Waals surface area contributed by atoms with E-state index < -0.39 is 0 Å². The maximum atomic E-state index is 4.98. The molecule has 0 atom stereocenters. The summed E-state index contributed by atoms with van der Waals surface area (Å²) >= 11 is 0. The van der Waals surface area contributed by atoms with Crippen molar-refractivity contribution >= 4 is 29.9 Å². The molecule has 0 bridgehead atoms. The zero-order valence-electron chi connectivity index (χ0n) is 12.8. The smallest absolute Gasteiger partial charge is 0.223 e. The maximum Gasteiger partial charge on any atom is 0.223 e. The summed E-state index contributed by atoms with van der Waals surface area (Å²) in [6.07, 6.45) is 5.46. The predicted octanol–water partition coefficient (Wildman–Crippen LogP) is 2.34. The number of nitrogens with zero attached hydrogens (tertiary/aromatic N) is 4. The molecular formula is C14H24IN5O. The third-order valence-corrected chi connectivity index (χ3v) is 4.43. The van der Waals surface area contributed by atoms with Crippen LogP contribution in [0.4, 0.5) is 0 Å². The van der Waals surface area contributed by atoms with Gasteiger partial charge in [-0.25, -0.2) is 4.99 Å². The van der Waals surface area contributed by atoms with Gasteiger partial charge in [0.05, 0.1) is 0 Å². The van der Waals surface area contributed by atoms with Crippen LogP contribution in [-0.2, 0) is 6.54 Å². The third kappa shape index (κ3) is 3.67. The lowest BCUT2D eigenvalue weighted by Crippen LogP contribution is -2.42. The Hall–Kier alpha value is -0.860. The molecule has 0 amide bonds. The number of rotatable bonds is 3. The highest BCUT2D eigenvalue weighted by Crippen LogP contribution is 2.47. The van der Waals surface area contributed by atoms with Crippen LogP contribution in [0.5, 0.6) is 0 Å². The van der Waals surface area contributed by atoms with Gasteiger partial charge in [-0.1, -0.05) is 11.6 Å². The standard InChI is InChI=1S/C14H23N5O.HI/c1-3-15-13(16-9-12-17-11(2)20-18-12)19-8-7-14(10-19)5-4-6-14;/h3-10H2,1-2H3,(H,15,16);1H. The van der Waals surface area contributed by atoms with Crippen LogP contribution < -0.4 is 5.32 Å². The molecule has 3 rings (SSSR count). The Bertz CT molecular complexity index is 497. The molecule has 1 saturated heterocycles. The minimum atomic E-state index is 0. The summed E-state index contributed by atoms with van der Waals surface area (Å²) in [5.74, 6) is 2.23. The second-order valence-electron chi connectivity index (χ2n) is 5.92. The minimum absolute atomic E-state index is 0. The molecule has 0 aromatic carbocycles.